The van der Waals surface area contributed by atoms with Gasteiger partial charge in [-0.3, -0.25) is 0 Å². The predicted octanol–water partition coefficient (Wildman–Crippen LogP) is 2.09. The van der Waals surface area contributed by atoms with E-state index in [1.165, 1.54) is 0 Å². The normalized spacial score (nSPS) is 12.2. The summed E-state index contributed by atoms with van der Waals surface area (Å²) in [7, 11) is 1.60. The molecule has 0 radical (unpaired) electrons. The molecule has 1 aromatic heterocycles. The van der Waals surface area contributed by atoms with Gasteiger partial charge in [-0.25, -0.2) is 4.98 Å². The van der Waals surface area contributed by atoms with Gasteiger partial charge in [0.05, 0.1) is 7.11 Å². The molecule has 1 N–H and O–H groups in total. The van der Waals surface area contributed by atoms with Gasteiger partial charge in [-0.2, -0.15) is 4.98 Å². The highest BCUT2D eigenvalue weighted by Gasteiger charge is 2.03. The van der Waals surface area contributed by atoms with E-state index in [-0.39, 0.29) is 0 Å². The third kappa shape index (κ3) is 3.20. The van der Waals surface area contributed by atoms with Crippen molar-refractivity contribution < 1.29 is 4.74 Å². The van der Waals surface area contributed by atoms with Crippen LogP contribution in [0.4, 0.5) is 5.95 Å². The Bertz CT molecular complexity index is 278. The van der Waals surface area contributed by atoms with Crippen LogP contribution in [0.25, 0.3) is 0 Å². The Hall–Kier alpha value is -1.32. The van der Waals surface area contributed by atoms with Crippen molar-refractivity contribution in [2.75, 3.05) is 12.4 Å². The van der Waals surface area contributed by atoms with Gasteiger partial charge in [0.1, 0.15) is 0 Å². The lowest BCUT2D eigenvalue weighted by atomic mass is 10.2. The van der Waals surface area contributed by atoms with Crippen LogP contribution in [0.15, 0.2) is 12.3 Å². The van der Waals surface area contributed by atoms with E-state index in [1.807, 2.05) is 0 Å². The molecule has 0 spiro atoms. The van der Waals surface area contributed by atoms with Crippen LogP contribution in [0.2, 0.25) is 0 Å². The maximum Gasteiger partial charge on any atom is 0.226 e. The Morgan fingerprint density at radius 3 is 3.00 bits per heavy atom. The zero-order valence-electron chi connectivity index (χ0n) is 8.95. The van der Waals surface area contributed by atoms with Crippen molar-refractivity contribution >= 4 is 5.95 Å². The topological polar surface area (TPSA) is 47.0 Å². The van der Waals surface area contributed by atoms with Crippen molar-refractivity contribution in [1.82, 2.24) is 9.97 Å². The number of rotatable bonds is 5. The number of hydrogen-bond donors (Lipinski definition) is 1. The quantitative estimate of drug-likeness (QED) is 0.781. The van der Waals surface area contributed by atoms with Gasteiger partial charge in [0.15, 0.2) is 0 Å². The standard InChI is InChI=1S/C10H17N3O/c1-4-5-8(2)12-10-11-7-6-9(13-10)14-3/h6-8H,4-5H2,1-3H3,(H,11,12,13). The maximum absolute atomic E-state index is 5.01. The molecule has 1 aromatic rings. The lowest BCUT2D eigenvalue weighted by molar-refractivity contribution is 0.397. The fourth-order valence-corrected chi connectivity index (χ4v) is 1.25. The van der Waals surface area contributed by atoms with Crippen LogP contribution in [-0.4, -0.2) is 23.1 Å². The fourth-order valence-electron chi connectivity index (χ4n) is 1.25. The van der Waals surface area contributed by atoms with Crippen molar-refractivity contribution in [2.24, 2.45) is 0 Å². The molecule has 0 saturated heterocycles. The van der Waals surface area contributed by atoms with Crippen LogP contribution in [0.3, 0.4) is 0 Å². The number of aromatic nitrogens is 2. The highest BCUT2D eigenvalue weighted by Crippen LogP contribution is 2.09. The largest absolute Gasteiger partial charge is 0.481 e. The van der Waals surface area contributed by atoms with Crippen molar-refractivity contribution in [3.8, 4) is 5.88 Å². The SMILES string of the molecule is CCCC(C)Nc1nccc(OC)n1. The summed E-state index contributed by atoms with van der Waals surface area (Å²) in [5.41, 5.74) is 0. The molecule has 4 heteroatoms. The fraction of sp³-hybridized carbons (Fsp3) is 0.600. The molecule has 1 rings (SSSR count). The van der Waals surface area contributed by atoms with Crippen LogP contribution >= 0.6 is 0 Å². The Kier molecular flexibility index (Phi) is 4.16. The monoisotopic (exact) mass is 195 g/mol. The van der Waals surface area contributed by atoms with E-state index in [0.717, 1.165) is 12.8 Å². The molecule has 14 heavy (non-hydrogen) atoms. The summed E-state index contributed by atoms with van der Waals surface area (Å²) in [4.78, 5) is 8.28. The Morgan fingerprint density at radius 2 is 2.36 bits per heavy atom. The van der Waals surface area contributed by atoms with Crippen LogP contribution in [0.1, 0.15) is 26.7 Å². The smallest absolute Gasteiger partial charge is 0.226 e. The number of anilines is 1. The average Bonchev–Trinajstić information content (AvgIpc) is 2.18. The van der Waals surface area contributed by atoms with Gasteiger partial charge in [0.25, 0.3) is 0 Å². The number of nitrogens with one attached hydrogen (secondary N) is 1. The predicted molar refractivity (Wildman–Crippen MR) is 56.6 cm³/mol. The summed E-state index contributed by atoms with van der Waals surface area (Å²) in [6.07, 6.45) is 3.95. The van der Waals surface area contributed by atoms with Crippen LogP contribution in [-0.2, 0) is 0 Å². The first-order valence-electron chi connectivity index (χ1n) is 4.89. The van der Waals surface area contributed by atoms with Crippen molar-refractivity contribution in [1.29, 1.82) is 0 Å². The molecule has 0 aliphatic heterocycles. The first-order chi connectivity index (χ1) is 6.76. The molecule has 1 heterocycles. The molecule has 0 amide bonds. The highest BCUT2D eigenvalue weighted by molar-refractivity contribution is 5.28. The van der Waals surface area contributed by atoms with Crippen LogP contribution in [0.5, 0.6) is 5.88 Å². The summed E-state index contributed by atoms with van der Waals surface area (Å²) in [5, 5.41) is 3.22. The second-order valence-electron chi connectivity index (χ2n) is 3.26. The molecule has 0 aromatic carbocycles. The van der Waals surface area contributed by atoms with E-state index in [2.05, 4.69) is 29.1 Å². The average molecular weight is 195 g/mol. The van der Waals surface area contributed by atoms with Gasteiger partial charge in [-0.15, -0.1) is 0 Å². The Balaban J connectivity index is 2.57. The molecular weight excluding hydrogens is 178 g/mol. The molecule has 0 saturated carbocycles. The third-order valence-electron chi connectivity index (χ3n) is 1.94. The summed E-state index contributed by atoms with van der Waals surface area (Å²) in [6, 6.07) is 2.13. The number of ether oxygens (including phenoxy) is 1. The number of nitrogens with zero attached hydrogens (tertiary/aromatic N) is 2. The minimum absolute atomic E-state index is 0.395. The van der Waals surface area contributed by atoms with Crippen LogP contribution < -0.4 is 10.1 Å². The van der Waals surface area contributed by atoms with E-state index in [9.17, 15) is 0 Å². The molecule has 4 nitrogen and oxygen atoms in total. The first kappa shape index (κ1) is 10.8. The van der Waals surface area contributed by atoms with E-state index < -0.39 is 0 Å². The minimum atomic E-state index is 0.395. The van der Waals surface area contributed by atoms with Gasteiger partial charge in [0.2, 0.25) is 11.8 Å². The second kappa shape index (κ2) is 5.42. The molecule has 0 fully saturated rings. The van der Waals surface area contributed by atoms with Gasteiger partial charge in [-0.1, -0.05) is 13.3 Å². The highest BCUT2D eigenvalue weighted by atomic mass is 16.5. The minimum Gasteiger partial charge on any atom is -0.481 e. The zero-order chi connectivity index (χ0) is 10.4. The van der Waals surface area contributed by atoms with E-state index in [1.54, 1.807) is 19.4 Å². The summed E-state index contributed by atoms with van der Waals surface area (Å²) in [5.74, 6) is 1.22. The summed E-state index contributed by atoms with van der Waals surface area (Å²) < 4.78 is 5.01. The lowest BCUT2D eigenvalue weighted by Gasteiger charge is -2.12. The summed E-state index contributed by atoms with van der Waals surface area (Å²) >= 11 is 0. The molecule has 1 atom stereocenters. The van der Waals surface area contributed by atoms with E-state index in [4.69, 9.17) is 4.74 Å². The van der Waals surface area contributed by atoms with Gasteiger partial charge in [-0.05, 0) is 13.3 Å². The number of hydrogen-bond acceptors (Lipinski definition) is 4. The van der Waals surface area contributed by atoms with Gasteiger partial charge < -0.3 is 10.1 Å². The Labute approximate surface area is 84.7 Å². The second-order valence-corrected chi connectivity index (χ2v) is 3.26. The lowest BCUT2D eigenvalue weighted by Crippen LogP contribution is -2.16. The molecular formula is C10H17N3O. The molecule has 78 valence electrons. The van der Waals surface area contributed by atoms with Crippen molar-refractivity contribution in [2.45, 2.75) is 32.7 Å². The zero-order valence-corrected chi connectivity index (χ0v) is 8.95. The molecule has 1 unspecified atom stereocenters. The van der Waals surface area contributed by atoms with E-state index >= 15 is 0 Å². The first-order valence-corrected chi connectivity index (χ1v) is 4.89. The molecule has 0 aliphatic carbocycles. The van der Waals surface area contributed by atoms with Crippen molar-refractivity contribution in [3.05, 3.63) is 12.3 Å². The Morgan fingerprint density at radius 1 is 1.57 bits per heavy atom. The van der Waals surface area contributed by atoms with Crippen molar-refractivity contribution in [3.63, 3.8) is 0 Å². The summed E-state index contributed by atoms with van der Waals surface area (Å²) in [6.45, 7) is 4.27. The van der Waals surface area contributed by atoms with Gasteiger partial charge in [0, 0.05) is 18.3 Å². The molecule has 0 aliphatic rings. The van der Waals surface area contributed by atoms with Crippen LogP contribution in [0, 0.1) is 0 Å². The molecule has 0 bridgehead atoms. The number of methoxy groups -OCH3 is 1. The van der Waals surface area contributed by atoms with Gasteiger partial charge >= 0.3 is 0 Å². The maximum atomic E-state index is 5.01. The van der Waals surface area contributed by atoms with E-state index in [0.29, 0.717) is 17.9 Å². The third-order valence-corrected chi connectivity index (χ3v) is 1.94.